The minimum absolute atomic E-state index is 0.177. The van der Waals surface area contributed by atoms with Crippen LogP contribution in [-0.4, -0.2) is 44.4 Å². The van der Waals surface area contributed by atoms with E-state index >= 15 is 0 Å². The summed E-state index contributed by atoms with van der Waals surface area (Å²) in [5.41, 5.74) is 1.07. The maximum absolute atomic E-state index is 12.9. The first-order valence-electron chi connectivity index (χ1n) is 7.49. The van der Waals surface area contributed by atoms with Crippen molar-refractivity contribution < 1.29 is 17.6 Å². The maximum atomic E-state index is 12.9. The van der Waals surface area contributed by atoms with Crippen LogP contribution in [0.4, 0.5) is 34.5 Å². The molecule has 2 N–H and O–H groups in total. The second-order valence-corrected chi connectivity index (χ2v) is 6.64. The molecule has 4 heterocycles. The predicted octanol–water partition coefficient (Wildman–Crippen LogP) is 3.13. The number of halogens is 4. The first kappa shape index (κ1) is 16.7. The molecule has 12 heteroatoms. The molecule has 26 heavy (non-hydrogen) atoms. The smallest absolute Gasteiger partial charge is 0.347 e. The summed E-state index contributed by atoms with van der Waals surface area (Å²) < 4.78 is 51.3. The Morgan fingerprint density at radius 2 is 2.00 bits per heavy atom. The Morgan fingerprint density at radius 1 is 1.23 bits per heavy atom. The highest BCUT2D eigenvalue weighted by Gasteiger charge is 2.34. The highest BCUT2D eigenvalue weighted by molar-refractivity contribution is 7.16. The Bertz CT molecular complexity index is 918. The predicted molar refractivity (Wildman–Crippen MR) is 86.9 cm³/mol. The third kappa shape index (κ3) is 3.31. The number of aromatic nitrogens is 5. The molecule has 0 fully saturated rings. The van der Waals surface area contributed by atoms with Gasteiger partial charge in [0.25, 0.3) is 0 Å². The lowest BCUT2D eigenvalue weighted by atomic mass is 10.2. The molecule has 0 bridgehead atoms. The fraction of sp³-hybridized carbons (Fsp3) is 0.286. The number of thiazole rings is 1. The summed E-state index contributed by atoms with van der Waals surface area (Å²) in [6.07, 6.45) is -0.410. The standard InChI is InChI=1S/C14H11F4N7S/c15-7-3-19-12(20-4-7)23-13-22-10-8-5-21-24-11(8)25(6-14(16,17)18)2-1-9(10)26-13/h3-5H,1-2,6H2,(H,21,24)(H,19,20,22,23). The molecule has 3 aromatic rings. The zero-order valence-corrected chi connectivity index (χ0v) is 13.8. The van der Waals surface area contributed by atoms with Gasteiger partial charge in [-0.15, -0.1) is 11.3 Å². The molecule has 136 valence electrons. The van der Waals surface area contributed by atoms with Gasteiger partial charge in [0.05, 0.1) is 29.8 Å². The number of H-pyrrole nitrogens is 1. The number of aromatic amines is 1. The molecular formula is C14H11F4N7S. The summed E-state index contributed by atoms with van der Waals surface area (Å²) in [6.45, 7) is -0.887. The fourth-order valence-electron chi connectivity index (χ4n) is 2.67. The molecule has 0 aliphatic carbocycles. The molecule has 0 aromatic carbocycles. The van der Waals surface area contributed by atoms with Crippen molar-refractivity contribution in [2.24, 2.45) is 0 Å². The molecule has 0 saturated heterocycles. The largest absolute Gasteiger partial charge is 0.405 e. The molecule has 7 nitrogen and oxygen atoms in total. The molecular weight excluding hydrogens is 374 g/mol. The van der Waals surface area contributed by atoms with E-state index in [9.17, 15) is 17.6 Å². The Hall–Kier alpha value is -2.76. The van der Waals surface area contributed by atoms with Crippen LogP contribution in [0.5, 0.6) is 0 Å². The van der Waals surface area contributed by atoms with Crippen molar-refractivity contribution in [3.05, 3.63) is 29.3 Å². The number of nitrogens with zero attached hydrogens (tertiary/aromatic N) is 5. The summed E-state index contributed by atoms with van der Waals surface area (Å²) in [6, 6.07) is 0. The second-order valence-electron chi connectivity index (χ2n) is 5.56. The van der Waals surface area contributed by atoms with E-state index in [0.717, 1.165) is 17.3 Å². The number of anilines is 3. The molecule has 0 radical (unpaired) electrons. The van der Waals surface area contributed by atoms with Gasteiger partial charge in [-0.3, -0.25) is 5.10 Å². The molecule has 4 rings (SSSR count). The number of alkyl halides is 3. The summed E-state index contributed by atoms with van der Waals surface area (Å²) in [5.74, 6) is -0.0874. The highest BCUT2D eigenvalue weighted by atomic mass is 32.1. The summed E-state index contributed by atoms with van der Waals surface area (Å²) in [7, 11) is 0. The van der Waals surface area contributed by atoms with Crippen molar-refractivity contribution in [1.82, 2.24) is 25.1 Å². The van der Waals surface area contributed by atoms with E-state index in [1.807, 2.05) is 0 Å². The summed E-state index contributed by atoms with van der Waals surface area (Å²) in [5, 5.41) is 9.85. The van der Waals surface area contributed by atoms with Crippen LogP contribution in [0.1, 0.15) is 4.88 Å². The highest BCUT2D eigenvalue weighted by Crippen LogP contribution is 2.39. The van der Waals surface area contributed by atoms with Gasteiger partial charge < -0.3 is 10.2 Å². The van der Waals surface area contributed by atoms with E-state index in [1.165, 1.54) is 22.4 Å². The minimum Gasteiger partial charge on any atom is -0.347 e. The zero-order valence-electron chi connectivity index (χ0n) is 13.0. The molecule has 1 aliphatic rings. The van der Waals surface area contributed by atoms with Crippen molar-refractivity contribution in [3.8, 4) is 11.3 Å². The lowest BCUT2D eigenvalue weighted by Gasteiger charge is -2.23. The van der Waals surface area contributed by atoms with E-state index in [1.54, 1.807) is 0 Å². The number of hydrogen-bond acceptors (Lipinski definition) is 7. The average Bonchev–Trinajstić information content (AvgIpc) is 3.17. The quantitative estimate of drug-likeness (QED) is 0.674. The summed E-state index contributed by atoms with van der Waals surface area (Å²) >= 11 is 1.29. The third-order valence-electron chi connectivity index (χ3n) is 3.71. The maximum Gasteiger partial charge on any atom is 0.405 e. The van der Waals surface area contributed by atoms with Crippen molar-refractivity contribution in [2.45, 2.75) is 12.6 Å². The molecule has 0 saturated carbocycles. The van der Waals surface area contributed by atoms with Crippen LogP contribution < -0.4 is 10.2 Å². The van der Waals surface area contributed by atoms with Gasteiger partial charge in [0.1, 0.15) is 12.4 Å². The first-order chi connectivity index (χ1) is 12.4. The summed E-state index contributed by atoms with van der Waals surface area (Å²) in [4.78, 5) is 14.1. The van der Waals surface area contributed by atoms with Crippen molar-refractivity contribution in [3.63, 3.8) is 0 Å². The van der Waals surface area contributed by atoms with Gasteiger partial charge in [0, 0.05) is 17.8 Å². The number of fused-ring (bicyclic) bond motifs is 3. The lowest BCUT2D eigenvalue weighted by Crippen LogP contribution is -2.35. The van der Waals surface area contributed by atoms with Gasteiger partial charge in [-0.1, -0.05) is 0 Å². The van der Waals surface area contributed by atoms with Crippen LogP contribution in [0, 0.1) is 5.82 Å². The van der Waals surface area contributed by atoms with Crippen LogP contribution in [0.15, 0.2) is 18.6 Å². The Labute approximate surface area is 148 Å². The number of nitrogens with one attached hydrogen (secondary N) is 2. The van der Waals surface area contributed by atoms with Crippen molar-refractivity contribution in [2.75, 3.05) is 23.3 Å². The van der Waals surface area contributed by atoms with Gasteiger partial charge >= 0.3 is 6.18 Å². The van der Waals surface area contributed by atoms with Gasteiger partial charge in [-0.2, -0.15) is 18.3 Å². The Morgan fingerprint density at radius 3 is 2.73 bits per heavy atom. The van der Waals surface area contributed by atoms with E-state index in [0.29, 0.717) is 22.8 Å². The lowest BCUT2D eigenvalue weighted by molar-refractivity contribution is -0.119. The van der Waals surface area contributed by atoms with E-state index in [2.05, 4.69) is 30.5 Å². The molecule has 0 atom stereocenters. The molecule has 0 spiro atoms. The van der Waals surface area contributed by atoms with E-state index in [-0.39, 0.29) is 18.3 Å². The molecule has 1 aliphatic heterocycles. The van der Waals surface area contributed by atoms with Crippen LogP contribution in [0.25, 0.3) is 11.3 Å². The first-order valence-corrected chi connectivity index (χ1v) is 8.30. The fourth-order valence-corrected chi connectivity index (χ4v) is 3.63. The number of hydrogen-bond donors (Lipinski definition) is 2. The van der Waals surface area contributed by atoms with Crippen LogP contribution in [-0.2, 0) is 6.42 Å². The van der Waals surface area contributed by atoms with E-state index < -0.39 is 18.5 Å². The van der Waals surface area contributed by atoms with Crippen molar-refractivity contribution in [1.29, 1.82) is 0 Å². The topological polar surface area (TPSA) is 82.6 Å². The van der Waals surface area contributed by atoms with Gasteiger partial charge in [0.2, 0.25) is 5.95 Å². The van der Waals surface area contributed by atoms with Gasteiger partial charge in [0.15, 0.2) is 10.9 Å². The average molecular weight is 385 g/mol. The molecule has 0 unspecified atom stereocenters. The Balaban J connectivity index is 1.64. The van der Waals surface area contributed by atoms with Crippen molar-refractivity contribution >= 4 is 28.2 Å². The van der Waals surface area contributed by atoms with Crippen LogP contribution >= 0.6 is 11.3 Å². The Kier molecular flexibility index (Phi) is 3.98. The number of rotatable bonds is 3. The molecule has 3 aromatic heterocycles. The van der Waals surface area contributed by atoms with E-state index in [4.69, 9.17) is 0 Å². The minimum atomic E-state index is -4.32. The zero-order chi connectivity index (χ0) is 18.3. The van der Waals surface area contributed by atoms with Gasteiger partial charge in [-0.05, 0) is 0 Å². The van der Waals surface area contributed by atoms with Crippen LogP contribution in [0.3, 0.4) is 0 Å². The third-order valence-corrected chi connectivity index (χ3v) is 4.74. The molecule has 0 amide bonds. The van der Waals surface area contributed by atoms with Gasteiger partial charge in [-0.25, -0.2) is 19.3 Å². The second kappa shape index (κ2) is 6.20. The monoisotopic (exact) mass is 385 g/mol. The van der Waals surface area contributed by atoms with Crippen LogP contribution in [0.2, 0.25) is 0 Å². The SMILES string of the molecule is Fc1cnc(Nc2nc3c(s2)CCN(CC(F)(F)F)c2[nH]ncc2-3)nc1. The normalized spacial score (nSPS) is 13.9.